The minimum atomic E-state index is -0.267. The Morgan fingerprint density at radius 3 is 2.50 bits per heavy atom. The lowest BCUT2D eigenvalue weighted by atomic mass is 9.69. The van der Waals surface area contributed by atoms with Gasteiger partial charge in [0.15, 0.2) is 5.82 Å². The fraction of sp³-hybridized carbons (Fsp3) is 0.462. The minimum Gasteiger partial charge on any atom is -0.507 e. The van der Waals surface area contributed by atoms with E-state index >= 15 is 0 Å². The van der Waals surface area contributed by atoms with E-state index in [4.69, 9.17) is 0 Å². The normalized spacial score (nSPS) is 26.3. The summed E-state index contributed by atoms with van der Waals surface area (Å²) < 4.78 is 0. The molecule has 0 saturated carbocycles. The molecule has 178 valence electrons. The van der Waals surface area contributed by atoms with E-state index in [1.807, 2.05) is 24.3 Å². The molecule has 0 spiro atoms. The summed E-state index contributed by atoms with van der Waals surface area (Å²) in [4.78, 5) is 18.5. The van der Waals surface area contributed by atoms with Gasteiger partial charge in [-0.3, -0.25) is 4.79 Å². The van der Waals surface area contributed by atoms with Crippen molar-refractivity contribution in [2.45, 2.75) is 63.1 Å². The fourth-order valence-electron chi connectivity index (χ4n) is 5.88. The van der Waals surface area contributed by atoms with Crippen LogP contribution in [0.3, 0.4) is 0 Å². The predicted molar refractivity (Wildman–Crippen MR) is 133 cm³/mol. The molecule has 0 aliphatic carbocycles. The van der Waals surface area contributed by atoms with Crippen molar-refractivity contribution in [3.63, 3.8) is 0 Å². The SMILES string of the molecule is CNC(=O)c1ccc2cc(-c3ccc(N(C)C4C[C@]5(C)CCC[C@](C)(C4)N5)nn3)c(O)cc2n1. The van der Waals surface area contributed by atoms with E-state index in [2.05, 4.69) is 51.6 Å². The molecule has 3 N–H and O–H groups in total. The number of pyridine rings is 1. The van der Waals surface area contributed by atoms with E-state index in [0.717, 1.165) is 24.0 Å². The van der Waals surface area contributed by atoms with Crippen LogP contribution in [0.25, 0.3) is 22.2 Å². The first-order valence-corrected chi connectivity index (χ1v) is 11.9. The Labute approximate surface area is 199 Å². The highest BCUT2D eigenvalue weighted by molar-refractivity contribution is 5.96. The van der Waals surface area contributed by atoms with Crippen molar-refractivity contribution in [2.75, 3.05) is 19.0 Å². The van der Waals surface area contributed by atoms with Crippen molar-refractivity contribution in [1.82, 2.24) is 25.8 Å². The summed E-state index contributed by atoms with van der Waals surface area (Å²) in [6.07, 6.45) is 5.86. The van der Waals surface area contributed by atoms with Crippen LogP contribution in [-0.2, 0) is 0 Å². The number of hydrogen-bond donors (Lipinski definition) is 3. The number of anilines is 1. The van der Waals surface area contributed by atoms with Gasteiger partial charge in [-0.15, -0.1) is 10.2 Å². The average molecular weight is 461 g/mol. The number of carbonyl (C=O) groups excluding carboxylic acids is 1. The second-order valence-electron chi connectivity index (χ2n) is 10.4. The number of aromatic nitrogens is 3. The molecule has 1 unspecified atom stereocenters. The molecule has 1 aromatic carbocycles. The van der Waals surface area contributed by atoms with Crippen LogP contribution in [0, 0.1) is 0 Å². The largest absolute Gasteiger partial charge is 0.507 e. The Morgan fingerprint density at radius 1 is 1.12 bits per heavy atom. The molecule has 34 heavy (non-hydrogen) atoms. The third-order valence-corrected chi connectivity index (χ3v) is 7.53. The Bertz CT molecular complexity index is 1230. The molecule has 2 fully saturated rings. The first-order chi connectivity index (χ1) is 16.2. The molecule has 2 aliphatic heterocycles. The molecule has 3 aromatic rings. The van der Waals surface area contributed by atoms with Gasteiger partial charge in [-0.1, -0.05) is 6.07 Å². The number of rotatable bonds is 4. The van der Waals surface area contributed by atoms with Gasteiger partial charge in [-0.2, -0.15) is 0 Å². The van der Waals surface area contributed by atoms with E-state index in [1.54, 1.807) is 19.2 Å². The lowest BCUT2D eigenvalue weighted by Gasteiger charge is -2.55. The summed E-state index contributed by atoms with van der Waals surface area (Å²) in [5.74, 6) is 0.617. The van der Waals surface area contributed by atoms with Crippen LogP contribution in [0.4, 0.5) is 5.82 Å². The summed E-state index contributed by atoms with van der Waals surface area (Å²) >= 11 is 0. The van der Waals surface area contributed by atoms with Gasteiger partial charge in [0.2, 0.25) is 0 Å². The number of nitrogens with zero attached hydrogens (tertiary/aromatic N) is 4. The zero-order chi connectivity index (χ0) is 24.1. The van der Waals surface area contributed by atoms with Crippen LogP contribution in [-0.4, -0.2) is 57.4 Å². The maximum atomic E-state index is 11.9. The van der Waals surface area contributed by atoms with Crippen LogP contribution in [0.2, 0.25) is 0 Å². The summed E-state index contributed by atoms with van der Waals surface area (Å²) in [6.45, 7) is 4.68. The van der Waals surface area contributed by atoms with Gasteiger partial charge in [0.05, 0.1) is 11.2 Å². The fourth-order valence-corrected chi connectivity index (χ4v) is 5.88. The van der Waals surface area contributed by atoms with E-state index in [-0.39, 0.29) is 22.7 Å². The Morgan fingerprint density at radius 2 is 1.85 bits per heavy atom. The number of hydrogen-bond acceptors (Lipinski definition) is 7. The molecular weight excluding hydrogens is 428 g/mol. The van der Waals surface area contributed by atoms with Crippen molar-refractivity contribution in [2.24, 2.45) is 0 Å². The lowest BCUT2D eigenvalue weighted by molar-refractivity contribution is 0.0784. The molecule has 8 nitrogen and oxygen atoms in total. The second-order valence-corrected chi connectivity index (χ2v) is 10.4. The lowest BCUT2D eigenvalue weighted by Crippen LogP contribution is -2.66. The van der Waals surface area contributed by atoms with Gasteiger partial charge in [0.1, 0.15) is 11.4 Å². The van der Waals surface area contributed by atoms with Gasteiger partial charge in [-0.05, 0) is 70.2 Å². The molecule has 8 heteroatoms. The quantitative estimate of drug-likeness (QED) is 0.546. The maximum absolute atomic E-state index is 11.9. The van der Waals surface area contributed by atoms with Crippen molar-refractivity contribution >= 4 is 22.6 Å². The first kappa shape index (κ1) is 22.5. The van der Waals surface area contributed by atoms with Gasteiger partial charge >= 0.3 is 0 Å². The summed E-state index contributed by atoms with van der Waals surface area (Å²) in [5.41, 5.74) is 2.36. The number of nitrogens with one attached hydrogen (secondary N) is 2. The first-order valence-electron chi connectivity index (χ1n) is 11.9. The average Bonchev–Trinajstić information content (AvgIpc) is 2.81. The van der Waals surface area contributed by atoms with Crippen molar-refractivity contribution in [3.8, 4) is 17.0 Å². The number of phenols is 1. The summed E-state index contributed by atoms with van der Waals surface area (Å²) in [7, 11) is 3.66. The third kappa shape index (κ3) is 4.07. The third-order valence-electron chi connectivity index (χ3n) is 7.53. The summed E-state index contributed by atoms with van der Waals surface area (Å²) in [5, 5.41) is 26.9. The highest BCUT2D eigenvalue weighted by Gasteiger charge is 2.46. The number of carbonyl (C=O) groups is 1. The van der Waals surface area contributed by atoms with E-state index < -0.39 is 0 Å². The Kier molecular flexibility index (Phi) is 5.43. The van der Waals surface area contributed by atoms with Gasteiger partial charge in [-0.25, -0.2) is 4.98 Å². The molecule has 4 heterocycles. The highest BCUT2D eigenvalue weighted by Crippen LogP contribution is 2.42. The highest BCUT2D eigenvalue weighted by atomic mass is 16.3. The van der Waals surface area contributed by atoms with Crippen LogP contribution in [0.15, 0.2) is 36.4 Å². The van der Waals surface area contributed by atoms with E-state index in [0.29, 0.717) is 28.5 Å². The van der Waals surface area contributed by atoms with Gasteiger partial charge in [0.25, 0.3) is 5.91 Å². The molecule has 0 radical (unpaired) electrons. The smallest absolute Gasteiger partial charge is 0.269 e. The van der Waals surface area contributed by atoms with Crippen molar-refractivity contribution in [1.29, 1.82) is 0 Å². The topological polar surface area (TPSA) is 103 Å². The molecule has 5 rings (SSSR count). The van der Waals surface area contributed by atoms with Crippen LogP contribution in [0.5, 0.6) is 5.75 Å². The molecule has 3 atom stereocenters. The van der Waals surface area contributed by atoms with Crippen LogP contribution in [0.1, 0.15) is 56.4 Å². The Hall–Kier alpha value is -3.26. The molecular formula is C26H32N6O2. The molecule has 2 saturated heterocycles. The number of aromatic hydroxyl groups is 1. The maximum Gasteiger partial charge on any atom is 0.269 e. The molecule has 2 aromatic heterocycles. The molecule has 1 amide bonds. The van der Waals surface area contributed by atoms with Crippen molar-refractivity contribution < 1.29 is 9.90 Å². The van der Waals surface area contributed by atoms with Crippen LogP contribution >= 0.6 is 0 Å². The number of benzene rings is 1. The minimum absolute atomic E-state index is 0.0523. The van der Waals surface area contributed by atoms with Gasteiger partial charge in [0, 0.05) is 48.2 Å². The predicted octanol–water partition coefficient (Wildman–Crippen LogP) is 3.65. The Balaban J connectivity index is 1.39. The number of fused-ring (bicyclic) bond motifs is 3. The molecule has 2 aliphatic rings. The zero-order valence-corrected chi connectivity index (χ0v) is 20.2. The summed E-state index contributed by atoms with van der Waals surface area (Å²) in [6, 6.07) is 11.1. The van der Waals surface area contributed by atoms with E-state index in [9.17, 15) is 9.90 Å². The van der Waals surface area contributed by atoms with E-state index in [1.165, 1.54) is 19.3 Å². The van der Waals surface area contributed by atoms with Crippen LogP contribution < -0.4 is 15.5 Å². The zero-order valence-electron chi connectivity index (χ0n) is 20.2. The number of amides is 1. The molecule has 2 bridgehead atoms. The second kappa shape index (κ2) is 8.20. The standard InChI is InChI=1S/C26H32N6O2/c1-25-10-5-11-26(2,31-25)15-17(14-25)32(4)23-9-8-19(29-30-23)18-12-16-6-7-20(24(34)27-3)28-21(16)13-22(18)33/h6-9,12-13,17,31,33H,5,10-11,14-15H2,1-4H3,(H,27,34)/t17?,25-,26+. The van der Waals surface area contributed by atoms with Crippen molar-refractivity contribution in [3.05, 3.63) is 42.1 Å². The number of piperidine rings is 2. The number of phenolic OH excluding ortho intramolecular Hbond substituents is 1. The monoisotopic (exact) mass is 460 g/mol. The van der Waals surface area contributed by atoms with Gasteiger partial charge < -0.3 is 20.6 Å².